The van der Waals surface area contributed by atoms with Crippen LogP contribution in [-0.2, 0) is 32.6 Å². The Labute approximate surface area is 240 Å². The number of hydrogen-bond acceptors (Lipinski definition) is 4. The van der Waals surface area contributed by atoms with E-state index in [9.17, 15) is 18.0 Å². The topological polar surface area (TPSA) is 86.8 Å². The zero-order valence-corrected chi connectivity index (χ0v) is 24.5. The van der Waals surface area contributed by atoms with Crippen LogP contribution < -0.4 is 9.62 Å². The van der Waals surface area contributed by atoms with Crippen molar-refractivity contribution in [2.75, 3.05) is 23.7 Å². The highest BCUT2D eigenvalue weighted by atomic mass is 35.5. The van der Waals surface area contributed by atoms with Gasteiger partial charge in [0, 0.05) is 24.5 Å². The standard InChI is InChI=1S/C29H33Cl2N3O4S/c1-21(2)18-32-29(36)27(17-22-10-5-4-6-11-22)33(19-23-12-9-13-24(30)16-23)28(35)20-34(39(3,37)38)26-15-8-7-14-25(26)31/h4-16,21,27H,17-20H2,1-3H3,(H,32,36)/t27-/m0/s1. The number of benzene rings is 3. The fourth-order valence-corrected chi connectivity index (χ4v) is 5.42. The van der Waals surface area contributed by atoms with Crippen molar-refractivity contribution in [3.63, 3.8) is 0 Å². The largest absolute Gasteiger partial charge is 0.354 e. The molecule has 7 nitrogen and oxygen atoms in total. The SMILES string of the molecule is CC(C)CNC(=O)[C@H](Cc1ccccc1)N(Cc1cccc(Cl)c1)C(=O)CN(c1ccccc1Cl)S(C)(=O)=O. The Kier molecular flexibility index (Phi) is 10.8. The van der Waals surface area contributed by atoms with Gasteiger partial charge in [-0.1, -0.05) is 91.6 Å². The number of amides is 2. The van der Waals surface area contributed by atoms with Crippen LogP contribution in [0.4, 0.5) is 5.69 Å². The van der Waals surface area contributed by atoms with Crippen LogP contribution in [0.25, 0.3) is 0 Å². The molecule has 0 aromatic heterocycles. The maximum Gasteiger partial charge on any atom is 0.244 e. The molecule has 1 N–H and O–H groups in total. The zero-order valence-electron chi connectivity index (χ0n) is 22.2. The van der Waals surface area contributed by atoms with Crippen molar-refractivity contribution in [2.45, 2.75) is 32.9 Å². The minimum absolute atomic E-state index is 0.0477. The lowest BCUT2D eigenvalue weighted by molar-refractivity contribution is -0.140. The summed E-state index contributed by atoms with van der Waals surface area (Å²) in [5.41, 5.74) is 1.74. The minimum atomic E-state index is -3.90. The number of para-hydroxylation sites is 1. The van der Waals surface area contributed by atoms with Gasteiger partial charge in [-0.25, -0.2) is 8.42 Å². The first-order chi connectivity index (χ1) is 18.5. The highest BCUT2D eigenvalue weighted by Gasteiger charge is 2.33. The Balaban J connectivity index is 2.05. The first kappa shape index (κ1) is 30.5. The Hall–Kier alpha value is -3.07. The molecule has 3 rings (SSSR count). The third-order valence-electron chi connectivity index (χ3n) is 6.00. The third kappa shape index (κ3) is 8.98. The number of rotatable bonds is 12. The summed E-state index contributed by atoms with van der Waals surface area (Å²) >= 11 is 12.5. The van der Waals surface area contributed by atoms with Gasteiger partial charge in [-0.2, -0.15) is 0 Å². The van der Waals surface area contributed by atoms with E-state index in [1.54, 1.807) is 42.5 Å². The van der Waals surface area contributed by atoms with E-state index in [4.69, 9.17) is 23.2 Å². The Bertz CT molecular complexity index is 1380. The minimum Gasteiger partial charge on any atom is -0.354 e. The summed E-state index contributed by atoms with van der Waals surface area (Å²) in [6.07, 6.45) is 1.25. The highest BCUT2D eigenvalue weighted by Crippen LogP contribution is 2.28. The lowest BCUT2D eigenvalue weighted by atomic mass is 10.0. The van der Waals surface area contributed by atoms with Gasteiger partial charge >= 0.3 is 0 Å². The predicted molar refractivity (Wildman–Crippen MR) is 157 cm³/mol. The van der Waals surface area contributed by atoms with Crippen molar-refractivity contribution in [3.05, 3.63) is 100 Å². The van der Waals surface area contributed by atoms with E-state index in [2.05, 4.69) is 5.32 Å². The average Bonchev–Trinajstić information content (AvgIpc) is 2.88. The summed E-state index contributed by atoms with van der Waals surface area (Å²) in [5, 5.41) is 3.62. The second-order valence-electron chi connectivity index (χ2n) is 9.72. The van der Waals surface area contributed by atoms with E-state index in [0.29, 0.717) is 17.1 Å². The molecule has 2 amide bonds. The molecule has 3 aromatic carbocycles. The number of anilines is 1. The van der Waals surface area contributed by atoms with Gasteiger partial charge in [0.15, 0.2) is 0 Å². The van der Waals surface area contributed by atoms with Gasteiger partial charge in [-0.15, -0.1) is 0 Å². The lowest BCUT2D eigenvalue weighted by Gasteiger charge is -2.33. The molecular weight excluding hydrogens is 557 g/mol. The van der Waals surface area contributed by atoms with Crippen molar-refractivity contribution in [1.29, 1.82) is 0 Å². The molecule has 39 heavy (non-hydrogen) atoms. The van der Waals surface area contributed by atoms with Crippen LogP contribution >= 0.6 is 23.2 Å². The molecule has 0 saturated carbocycles. The Morgan fingerprint density at radius 2 is 1.54 bits per heavy atom. The Morgan fingerprint density at radius 3 is 2.15 bits per heavy atom. The van der Waals surface area contributed by atoms with Crippen molar-refractivity contribution in [2.24, 2.45) is 5.92 Å². The van der Waals surface area contributed by atoms with E-state index in [0.717, 1.165) is 16.1 Å². The molecule has 1 atom stereocenters. The van der Waals surface area contributed by atoms with Crippen LogP contribution in [0.5, 0.6) is 0 Å². The first-order valence-electron chi connectivity index (χ1n) is 12.5. The number of carbonyl (C=O) groups is 2. The number of nitrogens with one attached hydrogen (secondary N) is 1. The molecular formula is C29H33Cl2N3O4S. The lowest BCUT2D eigenvalue weighted by Crippen LogP contribution is -2.53. The van der Waals surface area contributed by atoms with Crippen molar-refractivity contribution in [3.8, 4) is 0 Å². The highest BCUT2D eigenvalue weighted by molar-refractivity contribution is 7.92. The first-order valence-corrected chi connectivity index (χ1v) is 15.1. The van der Waals surface area contributed by atoms with Gasteiger partial charge in [0.2, 0.25) is 21.8 Å². The summed E-state index contributed by atoms with van der Waals surface area (Å²) in [5.74, 6) is -0.683. The van der Waals surface area contributed by atoms with E-state index < -0.39 is 28.5 Å². The summed E-state index contributed by atoms with van der Waals surface area (Å²) in [4.78, 5) is 29.0. The number of hydrogen-bond donors (Lipinski definition) is 1. The molecule has 0 fully saturated rings. The summed E-state index contributed by atoms with van der Waals surface area (Å²) < 4.78 is 26.6. The molecule has 0 spiro atoms. The molecule has 10 heteroatoms. The maximum atomic E-state index is 14.0. The van der Waals surface area contributed by atoms with Gasteiger partial charge < -0.3 is 10.2 Å². The fourth-order valence-electron chi connectivity index (χ4n) is 4.06. The normalized spacial score (nSPS) is 12.2. The predicted octanol–water partition coefficient (Wildman–Crippen LogP) is 5.17. The summed E-state index contributed by atoms with van der Waals surface area (Å²) in [6.45, 7) is 3.90. The molecule has 0 aliphatic carbocycles. The number of carbonyl (C=O) groups excluding carboxylic acids is 2. The van der Waals surface area contributed by atoms with Gasteiger partial charge in [-0.3, -0.25) is 13.9 Å². The van der Waals surface area contributed by atoms with E-state index in [1.807, 2.05) is 44.2 Å². The van der Waals surface area contributed by atoms with Crippen molar-refractivity contribution in [1.82, 2.24) is 10.2 Å². The van der Waals surface area contributed by atoms with Crippen molar-refractivity contribution < 1.29 is 18.0 Å². The van der Waals surface area contributed by atoms with E-state index >= 15 is 0 Å². The molecule has 0 unspecified atom stereocenters. The second kappa shape index (κ2) is 13.8. The molecule has 0 aliphatic heterocycles. The maximum absolute atomic E-state index is 14.0. The molecule has 0 radical (unpaired) electrons. The smallest absolute Gasteiger partial charge is 0.244 e. The van der Waals surface area contributed by atoms with Crippen LogP contribution in [0, 0.1) is 5.92 Å². The fraction of sp³-hybridized carbons (Fsp3) is 0.310. The number of halogens is 2. The summed E-state index contributed by atoms with van der Waals surface area (Å²) in [6, 6.07) is 21.9. The van der Waals surface area contributed by atoms with Crippen LogP contribution in [0.15, 0.2) is 78.9 Å². The van der Waals surface area contributed by atoms with Crippen molar-refractivity contribution >= 4 is 50.7 Å². The zero-order chi connectivity index (χ0) is 28.6. The van der Waals surface area contributed by atoms with E-state index in [1.165, 1.54) is 11.0 Å². The summed E-state index contributed by atoms with van der Waals surface area (Å²) in [7, 11) is -3.90. The molecule has 0 bridgehead atoms. The van der Waals surface area contributed by atoms with Crippen LogP contribution in [0.2, 0.25) is 10.0 Å². The molecule has 3 aromatic rings. The van der Waals surface area contributed by atoms with Crippen LogP contribution in [-0.4, -0.2) is 50.5 Å². The Morgan fingerprint density at radius 1 is 0.897 bits per heavy atom. The number of nitrogens with zero attached hydrogens (tertiary/aromatic N) is 2. The molecule has 0 heterocycles. The van der Waals surface area contributed by atoms with Crippen LogP contribution in [0.3, 0.4) is 0 Å². The molecule has 208 valence electrons. The van der Waals surface area contributed by atoms with E-state index in [-0.39, 0.29) is 35.5 Å². The number of sulfonamides is 1. The van der Waals surface area contributed by atoms with Crippen LogP contribution in [0.1, 0.15) is 25.0 Å². The molecule has 0 saturated heterocycles. The molecule has 0 aliphatic rings. The quantitative estimate of drug-likeness (QED) is 0.315. The second-order valence-corrected chi connectivity index (χ2v) is 12.5. The van der Waals surface area contributed by atoms with Gasteiger partial charge in [0.1, 0.15) is 12.6 Å². The monoisotopic (exact) mass is 589 g/mol. The van der Waals surface area contributed by atoms with Gasteiger partial charge in [0.25, 0.3) is 0 Å². The third-order valence-corrected chi connectivity index (χ3v) is 7.68. The van der Waals surface area contributed by atoms with Gasteiger partial charge in [-0.05, 0) is 41.3 Å². The van der Waals surface area contributed by atoms with Gasteiger partial charge in [0.05, 0.1) is 17.0 Å². The average molecular weight is 591 g/mol.